The van der Waals surface area contributed by atoms with Crippen LogP contribution in [0, 0.1) is 5.82 Å². The fraction of sp³-hybridized carbons (Fsp3) is 0.250. The van der Waals surface area contributed by atoms with Crippen LogP contribution in [0.5, 0.6) is 0 Å². The highest BCUT2D eigenvalue weighted by atomic mass is 32.2. The third-order valence-corrected chi connectivity index (χ3v) is 3.83. The molecular weight excluding hydrogens is 269 g/mol. The molecule has 0 fully saturated rings. The molecule has 102 valence electrons. The zero-order valence-electron chi connectivity index (χ0n) is 10.4. The van der Waals surface area contributed by atoms with E-state index in [4.69, 9.17) is 5.73 Å². The van der Waals surface area contributed by atoms with Crippen LogP contribution in [0.3, 0.4) is 0 Å². The Morgan fingerprint density at radius 1 is 1.37 bits per heavy atom. The number of hydrogen-bond donors (Lipinski definition) is 1. The van der Waals surface area contributed by atoms with E-state index in [2.05, 4.69) is 5.10 Å². The van der Waals surface area contributed by atoms with Crippen LogP contribution in [-0.2, 0) is 22.9 Å². The summed E-state index contributed by atoms with van der Waals surface area (Å²) in [6.45, 7) is 0.565. The van der Waals surface area contributed by atoms with E-state index in [1.807, 2.05) is 0 Å². The predicted octanol–water partition coefficient (Wildman–Crippen LogP) is 0.933. The Bertz CT molecular complexity index is 695. The van der Waals surface area contributed by atoms with Gasteiger partial charge in [0, 0.05) is 19.0 Å². The minimum absolute atomic E-state index is 0.156. The molecule has 0 aliphatic rings. The van der Waals surface area contributed by atoms with Crippen molar-refractivity contribution < 1.29 is 12.8 Å². The van der Waals surface area contributed by atoms with Crippen molar-refractivity contribution in [1.29, 1.82) is 0 Å². The lowest BCUT2D eigenvalue weighted by Crippen LogP contribution is -2.07. The molecule has 0 saturated carbocycles. The fourth-order valence-corrected chi connectivity index (χ4v) is 2.29. The molecule has 0 spiro atoms. The third-order valence-electron chi connectivity index (χ3n) is 2.76. The van der Waals surface area contributed by atoms with Gasteiger partial charge in [-0.2, -0.15) is 5.10 Å². The lowest BCUT2D eigenvalue weighted by atomic mass is 10.1. The Morgan fingerprint density at radius 2 is 2.11 bits per heavy atom. The Morgan fingerprint density at radius 3 is 2.68 bits per heavy atom. The van der Waals surface area contributed by atoms with Gasteiger partial charge in [0.1, 0.15) is 10.7 Å². The summed E-state index contributed by atoms with van der Waals surface area (Å²) in [4.78, 5) is 0.156. The molecule has 1 heterocycles. The summed E-state index contributed by atoms with van der Waals surface area (Å²) >= 11 is 0. The number of nitrogens with zero attached hydrogens (tertiary/aromatic N) is 2. The molecule has 0 aliphatic carbocycles. The van der Waals surface area contributed by atoms with Crippen molar-refractivity contribution in [2.75, 3.05) is 6.26 Å². The molecule has 0 unspecified atom stereocenters. The van der Waals surface area contributed by atoms with Crippen molar-refractivity contribution >= 4 is 9.84 Å². The van der Waals surface area contributed by atoms with Crippen LogP contribution in [0.1, 0.15) is 11.1 Å². The zero-order chi connectivity index (χ0) is 14.0. The minimum atomic E-state index is -3.26. The lowest BCUT2D eigenvalue weighted by molar-refractivity contribution is 0.601. The van der Waals surface area contributed by atoms with Gasteiger partial charge in [-0.15, -0.1) is 0 Å². The summed E-state index contributed by atoms with van der Waals surface area (Å²) in [5.74, 6) is -0.346. The van der Waals surface area contributed by atoms with Crippen molar-refractivity contribution in [1.82, 2.24) is 9.78 Å². The van der Waals surface area contributed by atoms with Crippen LogP contribution in [0.2, 0.25) is 0 Å². The molecule has 1 aromatic heterocycles. The van der Waals surface area contributed by atoms with E-state index in [1.54, 1.807) is 6.07 Å². The van der Waals surface area contributed by atoms with Gasteiger partial charge in [-0.1, -0.05) is 6.07 Å². The largest absolute Gasteiger partial charge is 0.326 e. The Labute approximate surface area is 110 Å². The van der Waals surface area contributed by atoms with Gasteiger partial charge in [-0.05, 0) is 23.3 Å². The maximum Gasteiger partial charge on any atom is 0.178 e. The average molecular weight is 283 g/mol. The van der Waals surface area contributed by atoms with Crippen molar-refractivity contribution in [2.45, 2.75) is 18.0 Å². The summed E-state index contributed by atoms with van der Waals surface area (Å²) in [6, 6.07) is 4.34. The Kier molecular flexibility index (Phi) is 3.68. The molecule has 0 radical (unpaired) electrons. The highest BCUT2D eigenvalue weighted by molar-refractivity contribution is 7.90. The molecule has 0 amide bonds. The van der Waals surface area contributed by atoms with Gasteiger partial charge in [0.2, 0.25) is 0 Å². The zero-order valence-corrected chi connectivity index (χ0v) is 11.2. The standard InChI is InChI=1S/C12H14FN3O2S/c1-19(17,18)12-6-15-16(8-12)7-9-2-3-11(13)4-10(9)5-14/h2-4,6,8H,5,7,14H2,1H3. The predicted molar refractivity (Wildman–Crippen MR) is 68.7 cm³/mol. The van der Waals surface area contributed by atoms with Crippen LogP contribution in [-0.4, -0.2) is 24.5 Å². The van der Waals surface area contributed by atoms with E-state index in [0.717, 1.165) is 11.8 Å². The first-order valence-electron chi connectivity index (χ1n) is 5.60. The summed E-state index contributed by atoms with van der Waals surface area (Å²) in [5.41, 5.74) is 7.04. The summed E-state index contributed by atoms with van der Waals surface area (Å²) < 4.78 is 37.3. The number of halogens is 1. The van der Waals surface area contributed by atoms with Gasteiger partial charge in [-0.3, -0.25) is 4.68 Å². The number of aromatic nitrogens is 2. The van der Waals surface area contributed by atoms with Crippen molar-refractivity contribution in [2.24, 2.45) is 5.73 Å². The van der Waals surface area contributed by atoms with Crippen LogP contribution in [0.25, 0.3) is 0 Å². The summed E-state index contributed by atoms with van der Waals surface area (Å²) in [6.07, 6.45) is 3.86. The Balaban J connectivity index is 2.29. The second kappa shape index (κ2) is 5.10. The van der Waals surface area contributed by atoms with E-state index in [0.29, 0.717) is 12.1 Å². The molecule has 2 N–H and O–H groups in total. The number of hydrogen-bond acceptors (Lipinski definition) is 4. The normalized spacial score (nSPS) is 11.7. The number of benzene rings is 1. The molecule has 0 bridgehead atoms. The molecular formula is C12H14FN3O2S. The molecule has 5 nitrogen and oxygen atoms in total. The van der Waals surface area contributed by atoms with Gasteiger partial charge in [0.05, 0.1) is 12.7 Å². The first kappa shape index (κ1) is 13.7. The van der Waals surface area contributed by atoms with E-state index < -0.39 is 9.84 Å². The maximum atomic E-state index is 13.1. The highest BCUT2D eigenvalue weighted by Gasteiger charge is 2.11. The highest BCUT2D eigenvalue weighted by Crippen LogP contribution is 2.14. The van der Waals surface area contributed by atoms with Gasteiger partial charge in [-0.25, -0.2) is 12.8 Å². The van der Waals surface area contributed by atoms with E-state index in [9.17, 15) is 12.8 Å². The van der Waals surface area contributed by atoms with Crippen molar-refractivity contribution in [3.05, 3.63) is 47.5 Å². The quantitative estimate of drug-likeness (QED) is 0.905. The van der Waals surface area contributed by atoms with Crippen molar-refractivity contribution in [3.8, 4) is 0 Å². The molecule has 0 aliphatic heterocycles. The smallest absolute Gasteiger partial charge is 0.178 e. The molecule has 2 aromatic rings. The van der Waals surface area contributed by atoms with Crippen LogP contribution < -0.4 is 5.73 Å². The lowest BCUT2D eigenvalue weighted by Gasteiger charge is -2.08. The van der Waals surface area contributed by atoms with Crippen LogP contribution in [0.4, 0.5) is 4.39 Å². The fourth-order valence-electron chi connectivity index (χ4n) is 1.74. The molecule has 2 rings (SSSR count). The van der Waals surface area contributed by atoms with Crippen molar-refractivity contribution in [3.63, 3.8) is 0 Å². The molecule has 7 heteroatoms. The minimum Gasteiger partial charge on any atom is -0.326 e. The number of rotatable bonds is 4. The number of sulfone groups is 1. The monoisotopic (exact) mass is 283 g/mol. The third kappa shape index (κ3) is 3.18. The van der Waals surface area contributed by atoms with Gasteiger partial charge in [0.15, 0.2) is 9.84 Å². The molecule has 0 saturated heterocycles. The Hall–Kier alpha value is -1.73. The first-order valence-corrected chi connectivity index (χ1v) is 7.49. The maximum absolute atomic E-state index is 13.1. The van der Waals surface area contributed by atoms with Gasteiger partial charge >= 0.3 is 0 Å². The molecule has 0 atom stereocenters. The first-order chi connectivity index (χ1) is 8.90. The van der Waals surface area contributed by atoms with E-state index in [-0.39, 0.29) is 17.3 Å². The van der Waals surface area contributed by atoms with Gasteiger partial charge in [0.25, 0.3) is 0 Å². The number of nitrogens with two attached hydrogens (primary N) is 1. The average Bonchev–Trinajstić information content (AvgIpc) is 2.79. The molecule has 19 heavy (non-hydrogen) atoms. The van der Waals surface area contributed by atoms with E-state index >= 15 is 0 Å². The molecule has 1 aromatic carbocycles. The van der Waals surface area contributed by atoms with Crippen LogP contribution >= 0.6 is 0 Å². The van der Waals surface area contributed by atoms with E-state index in [1.165, 1.54) is 29.2 Å². The summed E-state index contributed by atoms with van der Waals surface area (Å²) in [5, 5.41) is 3.98. The topological polar surface area (TPSA) is 78.0 Å². The summed E-state index contributed by atoms with van der Waals surface area (Å²) in [7, 11) is -3.26. The SMILES string of the molecule is CS(=O)(=O)c1cnn(Cc2ccc(F)cc2CN)c1. The second-order valence-electron chi connectivity index (χ2n) is 4.26. The van der Waals surface area contributed by atoms with Gasteiger partial charge < -0.3 is 5.73 Å². The van der Waals surface area contributed by atoms with Crippen LogP contribution in [0.15, 0.2) is 35.5 Å². The second-order valence-corrected chi connectivity index (χ2v) is 6.28.